The van der Waals surface area contributed by atoms with Crippen LogP contribution in [0.2, 0.25) is 0 Å². The lowest BCUT2D eigenvalue weighted by Crippen LogP contribution is -1.97. The summed E-state index contributed by atoms with van der Waals surface area (Å²) in [6, 6.07) is 70.5. The van der Waals surface area contributed by atoms with Gasteiger partial charge in [0.15, 0.2) is 0 Å². The van der Waals surface area contributed by atoms with Crippen LogP contribution in [0.3, 0.4) is 0 Å². The van der Waals surface area contributed by atoms with Gasteiger partial charge in [-0.1, -0.05) is 164 Å². The second-order valence-electron chi connectivity index (χ2n) is 13.9. The molecular weight excluding hydrogens is 641 g/mol. The molecule has 1 aromatic heterocycles. The van der Waals surface area contributed by atoms with Crippen LogP contribution < -0.4 is 0 Å². The molecule has 11 aromatic rings. The topological polar surface area (TPSA) is 17.8 Å². The molecule has 0 saturated carbocycles. The number of benzene rings is 9. The van der Waals surface area contributed by atoms with Crippen LogP contribution in [0.15, 0.2) is 194 Å². The number of para-hydroxylation sites is 3. The summed E-state index contributed by atoms with van der Waals surface area (Å²) in [7, 11) is 0. The number of aromatic nitrogens is 2. The minimum absolute atomic E-state index is 0.941. The third-order valence-corrected chi connectivity index (χ3v) is 11.0. The Bertz CT molecular complexity index is 3190. The van der Waals surface area contributed by atoms with Gasteiger partial charge in [0.2, 0.25) is 0 Å². The van der Waals surface area contributed by atoms with Crippen LogP contribution in [-0.4, -0.2) is 9.55 Å². The molecule has 2 nitrogen and oxygen atoms in total. The van der Waals surface area contributed by atoms with Crippen molar-refractivity contribution >= 4 is 64.9 Å². The van der Waals surface area contributed by atoms with E-state index in [1.807, 2.05) is 6.07 Å². The molecule has 0 atom stereocenters. The molecule has 0 aliphatic heterocycles. The van der Waals surface area contributed by atoms with Crippen molar-refractivity contribution in [2.45, 2.75) is 0 Å². The van der Waals surface area contributed by atoms with Crippen molar-refractivity contribution in [3.8, 4) is 39.3 Å². The Labute approximate surface area is 306 Å². The first-order valence-electron chi connectivity index (χ1n) is 18.2. The van der Waals surface area contributed by atoms with E-state index in [1.165, 1.54) is 76.1 Å². The lowest BCUT2D eigenvalue weighted by molar-refractivity contribution is 1.10. The highest BCUT2D eigenvalue weighted by atomic mass is 15.1. The van der Waals surface area contributed by atoms with Gasteiger partial charge in [0.1, 0.15) is 5.82 Å². The normalized spacial score (nSPS) is 11.8. The summed E-state index contributed by atoms with van der Waals surface area (Å²) in [5, 5.41) is 12.8. The zero-order valence-corrected chi connectivity index (χ0v) is 28.9. The van der Waals surface area contributed by atoms with Gasteiger partial charge in [-0.05, 0) is 106 Å². The first-order valence-corrected chi connectivity index (χ1v) is 18.2. The molecule has 2 heteroatoms. The molecule has 10 aromatic carbocycles. The molecule has 0 aliphatic carbocycles. The molecule has 1 heterocycles. The molecule has 0 amide bonds. The Kier molecular flexibility index (Phi) is 6.59. The van der Waals surface area contributed by atoms with E-state index in [2.05, 4.69) is 193 Å². The molecule has 0 bridgehead atoms. The quantitative estimate of drug-likeness (QED) is 0.170. The van der Waals surface area contributed by atoms with Crippen LogP contribution in [0, 0.1) is 0 Å². The lowest BCUT2D eigenvalue weighted by Gasteiger charge is -2.17. The van der Waals surface area contributed by atoms with E-state index in [0.717, 1.165) is 28.1 Å². The van der Waals surface area contributed by atoms with Crippen molar-refractivity contribution in [2.24, 2.45) is 0 Å². The van der Waals surface area contributed by atoms with Gasteiger partial charge in [0.25, 0.3) is 0 Å². The van der Waals surface area contributed by atoms with Crippen LogP contribution in [0.5, 0.6) is 0 Å². The van der Waals surface area contributed by atoms with Crippen molar-refractivity contribution in [2.75, 3.05) is 0 Å². The van der Waals surface area contributed by atoms with E-state index in [1.54, 1.807) is 0 Å². The summed E-state index contributed by atoms with van der Waals surface area (Å²) in [6.07, 6.45) is 0. The lowest BCUT2D eigenvalue weighted by atomic mass is 9.87. The van der Waals surface area contributed by atoms with Gasteiger partial charge in [0.05, 0.1) is 11.0 Å². The van der Waals surface area contributed by atoms with Gasteiger partial charge in [-0.15, -0.1) is 0 Å². The van der Waals surface area contributed by atoms with Gasteiger partial charge >= 0.3 is 0 Å². The van der Waals surface area contributed by atoms with Crippen LogP contribution in [0.25, 0.3) is 104 Å². The van der Waals surface area contributed by atoms with E-state index in [9.17, 15) is 0 Å². The number of hydrogen-bond donors (Lipinski definition) is 0. The number of hydrogen-bond acceptors (Lipinski definition) is 1. The maximum atomic E-state index is 5.07. The highest BCUT2D eigenvalue weighted by Crippen LogP contribution is 2.44. The third kappa shape index (κ3) is 4.63. The average molecular weight is 673 g/mol. The Morgan fingerprint density at radius 1 is 0.340 bits per heavy atom. The van der Waals surface area contributed by atoms with E-state index in [-0.39, 0.29) is 0 Å². The number of nitrogens with zero attached hydrogens (tertiary/aromatic N) is 2. The van der Waals surface area contributed by atoms with Gasteiger partial charge in [0, 0.05) is 11.3 Å². The molecule has 0 saturated heterocycles. The summed E-state index contributed by atoms with van der Waals surface area (Å²) >= 11 is 0. The van der Waals surface area contributed by atoms with Gasteiger partial charge in [-0.25, -0.2) is 4.98 Å². The maximum absolute atomic E-state index is 5.07. The van der Waals surface area contributed by atoms with Gasteiger partial charge < -0.3 is 0 Å². The maximum Gasteiger partial charge on any atom is 0.145 e. The van der Waals surface area contributed by atoms with Crippen LogP contribution in [0.1, 0.15) is 0 Å². The fraction of sp³-hybridized carbons (Fsp3) is 0. The Morgan fingerprint density at radius 3 is 1.51 bits per heavy atom. The van der Waals surface area contributed by atoms with Crippen molar-refractivity contribution in [1.82, 2.24) is 9.55 Å². The second-order valence-corrected chi connectivity index (χ2v) is 13.9. The molecule has 0 N–H and O–H groups in total. The molecule has 53 heavy (non-hydrogen) atoms. The molecule has 0 spiro atoms. The molecular formula is C51H32N2. The van der Waals surface area contributed by atoms with Crippen molar-refractivity contribution < 1.29 is 0 Å². The van der Waals surface area contributed by atoms with Crippen LogP contribution in [0.4, 0.5) is 0 Å². The zero-order chi connectivity index (χ0) is 34.9. The SMILES string of the molecule is c1ccc(-n2c(-c3ccc(-c4ccc(-c5cc6cccc7c8ccccc8c8ccccc8c8cccc5c8c67)cc4)cc3)nc3ccccc32)cc1. The van der Waals surface area contributed by atoms with Crippen molar-refractivity contribution in [3.63, 3.8) is 0 Å². The fourth-order valence-corrected chi connectivity index (χ4v) is 8.55. The van der Waals surface area contributed by atoms with Crippen LogP contribution >= 0.6 is 0 Å². The molecule has 0 unspecified atom stereocenters. The molecule has 246 valence electrons. The minimum Gasteiger partial charge on any atom is -0.292 e. The average Bonchev–Trinajstić information content (AvgIpc) is 3.63. The largest absolute Gasteiger partial charge is 0.292 e. The smallest absolute Gasteiger partial charge is 0.145 e. The standard InChI is InChI=1S/C51H32N2/c1-2-13-38(14-3-1)53-48-23-9-8-22-47(48)52-51(53)36-30-26-34(27-31-36)33-24-28-35(29-25-33)46-32-37-12-10-19-43-41-17-6-4-15-39(41)40-16-5-7-18-42(40)44-20-11-21-45(46)50(44)49(37)43/h1-32H. The predicted molar refractivity (Wildman–Crippen MR) is 225 cm³/mol. The monoisotopic (exact) mass is 672 g/mol. The Hall–Kier alpha value is -7.03. The summed E-state index contributed by atoms with van der Waals surface area (Å²) < 4.78 is 2.25. The summed E-state index contributed by atoms with van der Waals surface area (Å²) in [5.41, 5.74) is 9.10. The molecule has 0 fully saturated rings. The third-order valence-electron chi connectivity index (χ3n) is 11.0. The van der Waals surface area contributed by atoms with Crippen molar-refractivity contribution in [3.05, 3.63) is 194 Å². The van der Waals surface area contributed by atoms with Crippen LogP contribution in [-0.2, 0) is 0 Å². The summed E-state index contributed by atoms with van der Waals surface area (Å²) in [6.45, 7) is 0. The number of rotatable bonds is 4. The predicted octanol–water partition coefficient (Wildman–Crippen LogP) is 13.8. The number of fused-ring (bicyclic) bond motifs is 6. The first kappa shape index (κ1) is 29.7. The van der Waals surface area contributed by atoms with E-state index < -0.39 is 0 Å². The minimum atomic E-state index is 0.941. The highest BCUT2D eigenvalue weighted by Gasteiger charge is 2.17. The summed E-state index contributed by atoms with van der Waals surface area (Å²) in [5.74, 6) is 0.941. The van der Waals surface area contributed by atoms with Gasteiger partial charge in [-0.2, -0.15) is 0 Å². The van der Waals surface area contributed by atoms with Crippen molar-refractivity contribution in [1.29, 1.82) is 0 Å². The van der Waals surface area contributed by atoms with Gasteiger partial charge in [-0.3, -0.25) is 4.57 Å². The van der Waals surface area contributed by atoms with E-state index >= 15 is 0 Å². The van der Waals surface area contributed by atoms with E-state index in [0.29, 0.717) is 0 Å². The fourth-order valence-electron chi connectivity index (χ4n) is 8.55. The molecule has 0 radical (unpaired) electrons. The Morgan fingerprint density at radius 2 is 0.830 bits per heavy atom. The Balaban J connectivity index is 1.04. The second kappa shape index (κ2) is 11.8. The first-order chi connectivity index (χ1) is 26.3. The highest BCUT2D eigenvalue weighted by molar-refractivity contribution is 6.34. The number of imidazole rings is 1. The van der Waals surface area contributed by atoms with E-state index in [4.69, 9.17) is 4.98 Å². The molecule has 0 aliphatic rings. The molecule has 11 rings (SSSR count). The zero-order valence-electron chi connectivity index (χ0n) is 28.9. The summed E-state index contributed by atoms with van der Waals surface area (Å²) in [4.78, 5) is 5.07.